The molecular formula is C20H26N2O3. The molecule has 2 heterocycles. The van der Waals surface area contributed by atoms with Crippen molar-refractivity contribution in [1.82, 2.24) is 4.98 Å². The molecule has 0 bridgehead atoms. The summed E-state index contributed by atoms with van der Waals surface area (Å²) in [7, 11) is 1.64. The van der Waals surface area contributed by atoms with Gasteiger partial charge in [-0.15, -0.1) is 0 Å². The zero-order valence-electron chi connectivity index (χ0n) is 15.4. The topological polar surface area (TPSA) is 51.7 Å². The van der Waals surface area contributed by atoms with Gasteiger partial charge in [-0.25, -0.2) is 4.79 Å². The van der Waals surface area contributed by atoms with Crippen molar-refractivity contribution >= 4 is 22.6 Å². The van der Waals surface area contributed by atoms with E-state index in [-0.39, 0.29) is 5.97 Å². The van der Waals surface area contributed by atoms with Crippen molar-refractivity contribution in [2.45, 2.75) is 27.2 Å². The molecule has 0 amide bonds. The van der Waals surface area contributed by atoms with Crippen LogP contribution in [0.4, 0.5) is 5.69 Å². The molecule has 1 aromatic carbocycles. The molecule has 2 aromatic rings. The number of hydrogen-bond acceptors (Lipinski definition) is 5. The number of fused-ring (bicyclic) bond motifs is 1. The molecule has 1 aromatic heterocycles. The summed E-state index contributed by atoms with van der Waals surface area (Å²) >= 11 is 0. The number of aromatic nitrogens is 1. The Balaban J connectivity index is 2.20. The van der Waals surface area contributed by atoms with Gasteiger partial charge in [0, 0.05) is 24.7 Å². The summed E-state index contributed by atoms with van der Waals surface area (Å²) in [6, 6.07) is 5.84. The van der Waals surface area contributed by atoms with Crippen molar-refractivity contribution in [3.8, 4) is 5.75 Å². The van der Waals surface area contributed by atoms with Crippen LogP contribution in [0.5, 0.6) is 5.75 Å². The number of hydrogen-bond donors (Lipinski definition) is 0. The minimum atomic E-state index is -0.319. The highest BCUT2D eigenvalue weighted by atomic mass is 16.5. The number of methoxy groups -OCH3 is 1. The Labute approximate surface area is 148 Å². The van der Waals surface area contributed by atoms with Crippen LogP contribution in [0.25, 0.3) is 10.9 Å². The van der Waals surface area contributed by atoms with Crippen LogP contribution in [0.1, 0.15) is 37.6 Å². The minimum Gasteiger partial charge on any atom is -0.494 e. The molecule has 0 radical (unpaired) electrons. The van der Waals surface area contributed by atoms with E-state index < -0.39 is 0 Å². The quantitative estimate of drug-likeness (QED) is 0.789. The average molecular weight is 342 g/mol. The monoisotopic (exact) mass is 342 g/mol. The van der Waals surface area contributed by atoms with E-state index >= 15 is 0 Å². The summed E-state index contributed by atoms with van der Waals surface area (Å²) in [5.41, 5.74) is 2.23. The van der Waals surface area contributed by atoms with Gasteiger partial charge in [0.05, 0.1) is 19.4 Å². The molecular weight excluding hydrogens is 316 g/mol. The van der Waals surface area contributed by atoms with Gasteiger partial charge in [0.1, 0.15) is 16.8 Å². The lowest BCUT2D eigenvalue weighted by Crippen LogP contribution is -2.39. The molecule has 1 saturated heterocycles. The first-order valence-electron chi connectivity index (χ1n) is 8.92. The van der Waals surface area contributed by atoms with Gasteiger partial charge in [-0.05, 0) is 31.2 Å². The molecule has 0 N–H and O–H groups in total. The summed E-state index contributed by atoms with van der Waals surface area (Å²) < 4.78 is 10.7. The lowest BCUT2D eigenvalue weighted by molar-refractivity contribution is 0.0526. The number of rotatable bonds is 4. The van der Waals surface area contributed by atoms with Crippen LogP contribution in [-0.2, 0) is 4.74 Å². The van der Waals surface area contributed by atoms with E-state index in [1.165, 1.54) is 6.42 Å². The number of carbonyl (C=O) groups excluding carboxylic acids is 1. The third-order valence-corrected chi connectivity index (χ3v) is 4.73. The van der Waals surface area contributed by atoms with E-state index in [9.17, 15) is 4.79 Å². The number of para-hydroxylation sites is 1. The van der Waals surface area contributed by atoms with Crippen LogP contribution in [0, 0.1) is 11.8 Å². The third kappa shape index (κ3) is 3.41. The Hall–Kier alpha value is -2.30. The second kappa shape index (κ2) is 7.30. The zero-order chi connectivity index (χ0) is 18.0. The highest BCUT2D eigenvalue weighted by Crippen LogP contribution is 2.37. The number of esters is 1. The minimum absolute atomic E-state index is 0.319. The SMILES string of the molecule is CCOC(=O)c1cnc2c(OC)cccc2c1N1C[C@H](C)C[C@H](C)C1. The summed E-state index contributed by atoms with van der Waals surface area (Å²) in [4.78, 5) is 19.4. The lowest BCUT2D eigenvalue weighted by atomic mass is 9.90. The molecule has 5 nitrogen and oxygen atoms in total. The number of piperidine rings is 1. The van der Waals surface area contributed by atoms with E-state index in [4.69, 9.17) is 9.47 Å². The molecule has 0 unspecified atom stereocenters. The van der Waals surface area contributed by atoms with Gasteiger partial charge in [0.15, 0.2) is 0 Å². The summed E-state index contributed by atoms with van der Waals surface area (Å²) in [5.74, 6) is 1.55. The fourth-order valence-corrected chi connectivity index (χ4v) is 3.89. The number of nitrogens with zero attached hydrogens (tertiary/aromatic N) is 2. The summed E-state index contributed by atoms with van der Waals surface area (Å²) in [6.07, 6.45) is 2.83. The normalized spacial score (nSPS) is 20.6. The fraction of sp³-hybridized carbons (Fsp3) is 0.500. The molecule has 134 valence electrons. The van der Waals surface area contributed by atoms with Crippen LogP contribution < -0.4 is 9.64 Å². The highest BCUT2D eigenvalue weighted by molar-refractivity contribution is 6.06. The molecule has 5 heteroatoms. The highest BCUT2D eigenvalue weighted by Gasteiger charge is 2.28. The summed E-state index contributed by atoms with van der Waals surface area (Å²) in [5, 5.41) is 0.936. The Morgan fingerprint density at radius 1 is 1.28 bits per heavy atom. The Kier molecular flexibility index (Phi) is 5.11. The standard InChI is InChI=1S/C20H26N2O3/c1-5-25-20(23)16-10-21-18-15(7-6-8-17(18)24-4)19(16)22-11-13(2)9-14(3)12-22/h6-8,10,13-14H,5,9,11-12H2,1-4H3/t13-,14+. The first-order chi connectivity index (χ1) is 12.0. The van der Waals surface area contributed by atoms with Gasteiger partial charge in [-0.3, -0.25) is 4.98 Å². The molecule has 1 fully saturated rings. The smallest absolute Gasteiger partial charge is 0.341 e. The van der Waals surface area contributed by atoms with E-state index in [1.807, 2.05) is 25.1 Å². The van der Waals surface area contributed by atoms with Crippen molar-refractivity contribution < 1.29 is 14.3 Å². The van der Waals surface area contributed by atoms with E-state index in [2.05, 4.69) is 23.7 Å². The molecule has 0 spiro atoms. The lowest BCUT2D eigenvalue weighted by Gasteiger charge is -2.38. The van der Waals surface area contributed by atoms with Crippen LogP contribution >= 0.6 is 0 Å². The molecule has 0 saturated carbocycles. The zero-order valence-corrected chi connectivity index (χ0v) is 15.4. The van der Waals surface area contributed by atoms with Gasteiger partial charge < -0.3 is 14.4 Å². The first-order valence-corrected chi connectivity index (χ1v) is 8.92. The Bertz CT molecular complexity index is 765. The van der Waals surface area contributed by atoms with Gasteiger partial charge in [-0.1, -0.05) is 26.0 Å². The summed E-state index contributed by atoms with van der Waals surface area (Å²) in [6.45, 7) is 8.54. The van der Waals surface area contributed by atoms with Crippen LogP contribution in [-0.4, -0.2) is 37.8 Å². The molecule has 1 aliphatic rings. The molecule has 0 aliphatic carbocycles. The number of carbonyl (C=O) groups is 1. The number of benzene rings is 1. The van der Waals surface area contributed by atoms with Crippen LogP contribution in [0.3, 0.4) is 0 Å². The maximum absolute atomic E-state index is 12.5. The van der Waals surface area contributed by atoms with Gasteiger partial charge in [0.25, 0.3) is 0 Å². The molecule has 1 aliphatic heterocycles. The largest absolute Gasteiger partial charge is 0.494 e. The molecule has 25 heavy (non-hydrogen) atoms. The predicted molar refractivity (Wildman–Crippen MR) is 99.4 cm³/mol. The average Bonchev–Trinajstić information content (AvgIpc) is 2.59. The van der Waals surface area contributed by atoms with E-state index in [1.54, 1.807) is 13.3 Å². The van der Waals surface area contributed by atoms with Gasteiger partial charge in [-0.2, -0.15) is 0 Å². The van der Waals surface area contributed by atoms with E-state index in [0.29, 0.717) is 29.8 Å². The first kappa shape index (κ1) is 17.5. The van der Waals surface area contributed by atoms with Crippen molar-refractivity contribution in [2.24, 2.45) is 11.8 Å². The fourth-order valence-electron chi connectivity index (χ4n) is 3.89. The van der Waals surface area contributed by atoms with Crippen LogP contribution in [0.2, 0.25) is 0 Å². The van der Waals surface area contributed by atoms with Gasteiger partial charge >= 0.3 is 5.97 Å². The maximum atomic E-state index is 12.5. The van der Waals surface area contributed by atoms with Crippen molar-refractivity contribution in [2.75, 3.05) is 31.7 Å². The number of pyridine rings is 1. The number of ether oxygens (including phenoxy) is 2. The second-order valence-corrected chi connectivity index (χ2v) is 6.95. The van der Waals surface area contributed by atoms with Crippen molar-refractivity contribution in [3.63, 3.8) is 0 Å². The third-order valence-electron chi connectivity index (χ3n) is 4.73. The van der Waals surface area contributed by atoms with E-state index in [0.717, 1.165) is 29.7 Å². The Morgan fingerprint density at radius 2 is 2.00 bits per heavy atom. The Morgan fingerprint density at radius 3 is 2.64 bits per heavy atom. The van der Waals surface area contributed by atoms with Crippen molar-refractivity contribution in [1.29, 1.82) is 0 Å². The molecule has 3 rings (SSSR count). The van der Waals surface area contributed by atoms with Crippen molar-refractivity contribution in [3.05, 3.63) is 30.0 Å². The van der Waals surface area contributed by atoms with Crippen LogP contribution in [0.15, 0.2) is 24.4 Å². The predicted octanol–water partition coefficient (Wildman–Crippen LogP) is 3.90. The van der Waals surface area contributed by atoms with Gasteiger partial charge in [0.2, 0.25) is 0 Å². The maximum Gasteiger partial charge on any atom is 0.341 e. The second-order valence-electron chi connectivity index (χ2n) is 6.95. The number of anilines is 1. The molecule has 2 atom stereocenters.